The van der Waals surface area contributed by atoms with E-state index < -0.39 is 0 Å². The Kier molecular flexibility index (Phi) is 5.55. The number of aliphatic hydroxyl groups excluding tert-OH is 1. The Balaban J connectivity index is 2.78. The zero-order chi connectivity index (χ0) is 14.6. The average Bonchev–Trinajstić information content (AvgIpc) is 2.32. The standard InChI is InChI=1S/C16H25NO2/c1-11(2)15(10-18)16(19)17(5)9-14-7-6-12(3)8-13(14)4/h6-8,11,15,18H,9-10H2,1-5H3. The summed E-state index contributed by atoms with van der Waals surface area (Å²) >= 11 is 0. The molecule has 1 atom stereocenters. The highest BCUT2D eigenvalue weighted by atomic mass is 16.3. The van der Waals surface area contributed by atoms with Gasteiger partial charge in [0.2, 0.25) is 5.91 Å². The van der Waals surface area contributed by atoms with Gasteiger partial charge in [0, 0.05) is 13.6 Å². The Morgan fingerprint density at radius 2 is 1.95 bits per heavy atom. The molecule has 1 amide bonds. The van der Waals surface area contributed by atoms with Gasteiger partial charge in [-0.25, -0.2) is 0 Å². The molecule has 19 heavy (non-hydrogen) atoms. The Bertz CT molecular complexity index is 440. The number of rotatable bonds is 5. The van der Waals surface area contributed by atoms with Gasteiger partial charge in [0.25, 0.3) is 0 Å². The number of nitrogens with zero attached hydrogens (tertiary/aromatic N) is 1. The third-order valence-electron chi connectivity index (χ3n) is 3.60. The minimum absolute atomic E-state index is 0.0116. The first-order chi connectivity index (χ1) is 8.86. The number of aryl methyl sites for hydroxylation is 2. The predicted molar refractivity (Wildman–Crippen MR) is 77.8 cm³/mol. The maximum Gasteiger partial charge on any atom is 0.228 e. The molecule has 0 saturated carbocycles. The van der Waals surface area contributed by atoms with Crippen molar-refractivity contribution < 1.29 is 9.90 Å². The normalized spacial score (nSPS) is 12.6. The van der Waals surface area contributed by atoms with Crippen molar-refractivity contribution in [2.75, 3.05) is 13.7 Å². The van der Waals surface area contributed by atoms with Crippen LogP contribution in [0.4, 0.5) is 0 Å². The lowest BCUT2D eigenvalue weighted by Crippen LogP contribution is -2.37. The summed E-state index contributed by atoms with van der Waals surface area (Å²) in [6.07, 6.45) is 0. The molecule has 1 aromatic rings. The topological polar surface area (TPSA) is 40.5 Å². The second kappa shape index (κ2) is 6.71. The van der Waals surface area contributed by atoms with E-state index >= 15 is 0 Å². The van der Waals surface area contributed by atoms with Crippen molar-refractivity contribution in [3.8, 4) is 0 Å². The third-order valence-corrected chi connectivity index (χ3v) is 3.60. The monoisotopic (exact) mass is 263 g/mol. The van der Waals surface area contributed by atoms with Crippen molar-refractivity contribution in [1.29, 1.82) is 0 Å². The van der Waals surface area contributed by atoms with E-state index in [0.717, 1.165) is 5.56 Å². The third kappa shape index (κ3) is 4.06. The van der Waals surface area contributed by atoms with Gasteiger partial charge in [-0.2, -0.15) is 0 Å². The van der Waals surface area contributed by atoms with E-state index in [-0.39, 0.29) is 24.3 Å². The fraction of sp³-hybridized carbons (Fsp3) is 0.562. The van der Waals surface area contributed by atoms with E-state index in [1.165, 1.54) is 11.1 Å². The fourth-order valence-electron chi connectivity index (χ4n) is 2.21. The van der Waals surface area contributed by atoms with Crippen LogP contribution < -0.4 is 0 Å². The number of hydrogen-bond donors (Lipinski definition) is 1. The molecule has 3 nitrogen and oxygen atoms in total. The summed E-state index contributed by atoms with van der Waals surface area (Å²) in [6.45, 7) is 8.55. The molecule has 1 N–H and O–H groups in total. The first-order valence-electron chi connectivity index (χ1n) is 6.78. The van der Waals surface area contributed by atoms with Crippen molar-refractivity contribution in [3.05, 3.63) is 34.9 Å². The van der Waals surface area contributed by atoms with Gasteiger partial charge in [-0.1, -0.05) is 37.6 Å². The Hall–Kier alpha value is -1.35. The van der Waals surface area contributed by atoms with E-state index in [1.54, 1.807) is 11.9 Å². The summed E-state index contributed by atoms with van der Waals surface area (Å²) in [6, 6.07) is 6.25. The number of carbonyl (C=O) groups excluding carboxylic acids is 1. The second-order valence-corrected chi connectivity index (χ2v) is 5.66. The highest BCUT2D eigenvalue weighted by Crippen LogP contribution is 2.17. The van der Waals surface area contributed by atoms with Crippen LogP contribution in [-0.4, -0.2) is 29.6 Å². The largest absolute Gasteiger partial charge is 0.396 e. The van der Waals surface area contributed by atoms with Crippen LogP contribution in [0.25, 0.3) is 0 Å². The van der Waals surface area contributed by atoms with Gasteiger partial charge in [0.05, 0.1) is 12.5 Å². The number of carbonyl (C=O) groups is 1. The molecule has 0 spiro atoms. The Morgan fingerprint density at radius 1 is 1.32 bits per heavy atom. The molecule has 0 aromatic heterocycles. The van der Waals surface area contributed by atoms with Gasteiger partial charge in [0.1, 0.15) is 0 Å². The predicted octanol–water partition coefficient (Wildman–Crippen LogP) is 2.53. The Morgan fingerprint density at radius 3 is 2.42 bits per heavy atom. The van der Waals surface area contributed by atoms with Crippen molar-refractivity contribution in [1.82, 2.24) is 4.90 Å². The fourth-order valence-corrected chi connectivity index (χ4v) is 2.21. The number of benzene rings is 1. The molecule has 3 heteroatoms. The number of hydrogen-bond acceptors (Lipinski definition) is 2. The molecule has 1 aromatic carbocycles. The van der Waals surface area contributed by atoms with Crippen molar-refractivity contribution in [2.45, 2.75) is 34.2 Å². The van der Waals surface area contributed by atoms with Crippen molar-refractivity contribution >= 4 is 5.91 Å². The average molecular weight is 263 g/mol. The highest BCUT2D eigenvalue weighted by Gasteiger charge is 2.24. The molecule has 0 heterocycles. The molecular formula is C16H25NO2. The quantitative estimate of drug-likeness (QED) is 0.887. The van der Waals surface area contributed by atoms with Crippen LogP contribution in [0, 0.1) is 25.7 Å². The van der Waals surface area contributed by atoms with Crippen LogP contribution in [0.15, 0.2) is 18.2 Å². The van der Waals surface area contributed by atoms with Gasteiger partial charge in [-0.05, 0) is 30.9 Å². The van der Waals surface area contributed by atoms with Crippen LogP contribution in [-0.2, 0) is 11.3 Å². The zero-order valence-corrected chi connectivity index (χ0v) is 12.6. The molecule has 0 fully saturated rings. The summed E-state index contributed by atoms with van der Waals surface area (Å²) < 4.78 is 0. The molecule has 0 aliphatic heterocycles. The highest BCUT2D eigenvalue weighted by molar-refractivity contribution is 5.79. The molecule has 0 aliphatic carbocycles. The van der Waals surface area contributed by atoms with Crippen LogP contribution >= 0.6 is 0 Å². The molecule has 0 bridgehead atoms. The summed E-state index contributed by atoms with van der Waals surface area (Å²) in [5.41, 5.74) is 3.58. The summed E-state index contributed by atoms with van der Waals surface area (Å²) in [7, 11) is 1.80. The van der Waals surface area contributed by atoms with Gasteiger partial charge < -0.3 is 10.0 Å². The zero-order valence-electron chi connectivity index (χ0n) is 12.6. The van der Waals surface area contributed by atoms with E-state index in [0.29, 0.717) is 6.54 Å². The van der Waals surface area contributed by atoms with Gasteiger partial charge in [-0.15, -0.1) is 0 Å². The minimum atomic E-state index is -0.309. The summed E-state index contributed by atoms with van der Waals surface area (Å²) in [4.78, 5) is 14.0. The molecule has 1 unspecified atom stereocenters. The van der Waals surface area contributed by atoms with Gasteiger partial charge in [-0.3, -0.25) is 4.79 Å². The molecule has 1 rings (SSSR count). The lowest BCUT2D eigenvalue weighted by Gasteiger charge is -2.25. The maximum atomic E-state index is 12.3. The van der Waals surface area contributed by atoms with E-state index in [1.807, 2.05) is 13.8 Å². The van der Waals surface area contributed by atoms with E-state index in [4.69, 9.17) is 0 Å². The van der Waals surface area contributed by atoms with E-state index in [9.17, 15) is 9.90 Å². The first-order valence-corrected chi connectivity index (χ1v) is 6.78. The summed E-state index contributed by atoms with van der Waals surface area (Å²) in [5.74, 6) is -0.146. The smallest absolute Gasteiger partial charge is 0.228 e. The molecule has 0 aliphatic rings. The van der Waals surface area contributed by atoms with Gasteiger partial charge in [0.15, 0.2) is 0 Å². The molecule has 0 saturated heterocycles. The molecular weight excluding hydrogens is 238 g/mol. The van der Waals surface area contributed by atoms with Crippen LogP contribution in [0.5, 0.6) is 0 Å². The van der Waals surface area contributed by atoms with Crippen molar-refractivity contribution in [3.63, 3.8) is 0 Å². The first kappa shape index (κ1) is 15.7. The van der Waals surface area contributed by atoms with Gasteiger partial charge >= 0.3 is 0 Å². The lowest BCUT2D eigenvalue weighted by molar-refractivity contribution is -0.137. The summed E-state index contributed by atoms with van der Waals surface area (Å²) in [5, 5.41) is 9.33. The molecule has 0 radical (unpaired) electrons. The SMILES string of the molecule is Cc1ccc(CN(C)C(=O)C(CO)C(C)C)c(C)c1. The van der Waals surface area contributed by atoms with Crippen LogP contribution in [0.3, 0.4) is 0 Å². The van der Waals surface area contributed by atoms with E-state index in [2.05, 4.69) is 32.0 Å². The second-order valence-electron chi connectivity index (χ2n) is 5.66. The maximum absolute atomic E-state index is 12.3. The number of amides is 1. The number of aliphatic hydroxyl groups is 1. The lowest BCUT2D eigenvalue weighted by atomic mass is 9.95. The Labute approximate surface area is 116 Å². The van der Waals surface area contributed by atoms with Crippen molar-refractivity contribution in [2.24, 2.45) is 11.8 Å². The van der Waals surface area contributed by atoms with Crippen LogP contribution in [0.2, 0.25) is 0 Å². The van der Waals surface area contributed by atoms with Crippen LogP contribution in [0.1, 0.15) is 30.5 Å². The molecule has 106 valence electrons. The minimum Gasteiger partial charge on any atom is -0.396 e.